The summed E-state index contributed by atoms with van der Waals surface area (Å²) in [5.74, 6) is 0. The van der Waals surface area contributed by atoms with Gasteiger partial charge in [-0.25, -0.2) is 4.98 Å². The van der Waals surface area contributed by atoms with Crippen LogP contribution in [0.3, 0.4) is 0 Å². The van der Waals surface area contributed by atoms with Crippen LogP contribution in [0.15, 0.2) is 18.2 Å². The third-order valence-electron chi connectivity index (χ3n) is 9.19. The van der Waals surface area contributed by atoms with Crippen molar-refractivity contribution in [3.8, 4) is 0 Å². The molecule has 0 saturated heterocycles. The maximum atomic E-state index is 9.54. The van der Waals surface area contributed by atoms with Gasteiger partial charge in [-0.15, -0.1) is 0 Å². The molecule has 0 aromatic carbocycles. The number of nitrogens with one attached hydrogen (secondary N) is 4. The Morgan fingerprint density at radius 1 is 0.463 bits per heavy atom. The molecule has 216 valence electrons. The fourth-order valence-corrected chi connectivity index (χ4v) is 7.28. The van der Waals surface area contributed by atoms with Crippen LogP contribution >= 0.6 is 0 Å². The predicted octanol–water partition coefficient (Wildman–Crippen LogP) is 9.11. The van der Waals surface area contributed by atoms with E-state index in [1.165, 1.54) is 50.0 Å². The van der Waals surface area contributed by atoms with Gasteiger partial charge in [0.2, 0.25) is 0 Å². The standard InChI is InChI=1S/C36H47N5/c1-9-20-22(11-3)30-18-32-24(13-5)26(15-7)35(40-32)34(37)36-27(16-8)25(14-6)33(41-36)19-31-23(12-4)21(10-2)29(39-31)17-28(20)38-30/h17-19,37-38,40-41H,9-16H2,1-8H3. The van der Waals surface area contributed by atoms with Gasteiger partial charge in [-0.2, -0.15) is 0 Å². The summed E-state index contributed by atoms with van der Waals surface area (Å²) >= 11 is 0. The van der Waals surface area contributed by atoms with E-state index >= 15 is 0 Å². The molecule has 0 saturated carbocycles. The Labute approximate surface area is 244 Å². The molecule has 8 bridgehead atoms. The summed E-state index contributed by atoms with van der Waals surface area (Å²) in [6.45, 7) is 17.9. The highest BCUT2D eigenvalue weighted by Gasteiger charge is 2.20. The van der Waals surface area contributed by atoms with E-state index in [-0.39, 0.29) is 0 Å². The smallest absolute Gasteiger partial charge is 0.102 e. The van der Waals surface area contributed by atoms with Gasteiger partial charge in [-0.1, -0.05) is 55.4 Å². The van der Waals surface area contributed by atoms with Crippen molar-refractivity contribution in [1.29, 1.82) is 5.41 Å². The molecule has 0 amide bonds. The van der Waals surface area contributed by atoms with E-state index in [9.17, 15) is 5.41 Å². The first-order valence-electron chi connectivity index (χ1n) is 15.9. The second-order valence-corrected chi connectivity index (χ2v) is 11.1. The summed E-state index contributed by atoms with van der Waals surface area (Å²) in [6, 6.07) is 6.84. The minimum atomic E-state index is 0.557. The molecular weight excluding hydrogens is 502 g/mol. The molecule has 4 aromatic heterocycles. The van der Waals surface area contributed by atoms with E-state index in [1.54, 1.807) is 0 Å². The third kappa shape index (κ3) is 4.64. The Morgan fingerprint density at radius 2 is 0.805 bits per heavy atom. The quantitative estimate of drug-likeness (QED) is 0.174. The summed E-state index contributed by atoms with van der Waals surface area (Å²) in [4.78, 5) is 16.6. The van der Waals surface area contributed by atoms with Crippen molar-refractivity contribution in [2.45, 2.75) is 107 Å². The first kappa shape index (κ1) is 28.9. The number of hydrogen-bond donors (Lipinski definition) is 4. The number of fused-ring (bicyclic) bond motifs is 8. The molecule has 0 radical (unpaired) electrons. The number of aryl methyl sites for hydroxylation is 6. The molecule has 4 aromatic rings. The first-order chi connectivity index (χ1) is 19.9. The van der Waals surface area contributed by atoms with Gasteiger partial charge in [0.1, 0.15) is 5.36 Å². The molecule has 0 spiro atoms. The van der Waals surface area contributed by atoms with Crippen LogP contribution in [-0.4, -0.2) is 19.9 Å². The Kier molecular flexibility index (Phi) is 8.26. The van der Waals surface area contributed by atoms with E-state index in [0.717, 1.165) is 90.3 Å². The van der Waals surface area contributed by atoms with Gasteiger partial charge in [-0.05, 0) is 114 Å². The van der Waals surface area contributed by atoms with Crippen molar-refractivity contribution >= 4 is 44.2 Å². The molecule has 1 aliphatic heterocycles. The zero-order chi connectivity index (χ0) is 29.4. The summed E-state index contributed by atoms with van der Waals surface area (Å²) in [7, 11) is 0. The topological polar surface area (TPSA) is 84.1 Å². The number of hydrogen-bond acceptors (Lipinski definition) is 2. The Morgan fingerprint density at radius 3 is 1.20 bits per heavy atom. The van der Waals surface area contributed by atoms with Crippen LogP contribution in [0, 0.1) is 5.41 Å². The third-order valence-corrected chi connectivity index (χ3v) is 9.19. The van der Waals surface area contributed by atoms with Gasteiger partial charge in [0.05, 0.1) is 22.4 Å². The monoisotopic (exact) mass is 549 g/mol. The molecule has 0 unspecified atom stereocenters. The minimum Gasteiger partial charge on any atom is -0.355 e. The summed E-state index contributed by atoms with van der Waals surface area (Å²) in [6.07, 6.45) is 7.42. The van der Waals surface area contributed by atoms with Gasteiger partial charge >= 0.3 is 0 Å². The largest absolute Gasteiger partial charge is 0.355 e. The number of allylic oxidation sites excluding steroid dienone is 2. The first-order valence-corrected chi connectivity index (χ1v) is 15.9. The second-order valence-electron chi connectivity index (χ2n) is 11.1. The van der Waals surface area contributed by atoms with E-state index < -0.39 is 0 Å². The molecule has 5 rings (SSSR count). The highest BCUT2D eigenvalue weighted by Crippen LogP contribution is 2.36. The molecular formula is C36H47N5. The lowest BCUT2D eigenvalue weighted by Gasteiger charge is -2.03. The average Bonchev–Trinajstić information content (AvgIpc) is 3.71. The summed E-state index contributed by atoms with van der Waals surface area (Å²) in [5.41, 5.74) is 19.1. The molecule has 1 aliphatic rings. The number of nitrogens with zero attached hydrogens (tertiary/aromatic N) is 1. The van der Waals surface area contributed by atoms with Crippen molar-refractivity contribution in [1.82, 2.24) is 19.9 Å². The number of aromatic amines is 3. The maximum Gasteiger partial charge on any atom is 0.102 e. The predicted molar refractivity (Wildman–Crippen MR) is 176 cm³/mol. The summed E-state index contributed by atoms with van der Waals surface area (Å²) in [5, 5.41) is 10.1. The lowest BCUT2D eigenvalue weighted by Crippen LogP contribution is -2.05. The molecule has 5 heterocycles. The average molecular weight is 550 g/mol. The van der Waals surface area contributed by atoms with Gasteiger partial charge < -0.3 is 15.0 Å². The van der Waals surface area contributed by atoms with Gasteiger partial charge in [0.25, 0.3) is 0 Å². The van der Waals surface area contributed by atoms with Crippen molar-refractivity contribution in [3.05, 3.63) is 68.3 Å². The van der Waals surface area contributed by atoms with Crippen LogP contribution in [0.25, 0.3) is 44.2 Å². The second kappa shape index (κ2) is 11.7. The van der Waals surface area contributed by atoms with E-state index in [1.807, 2.05) is 0 Å². The zero-order valence-corrected chi connectivity index (χ0v) is 26.3. The Balaban J connectivity index is 2.11. The van der Waals surface area contributed by atoms with Crippen LogP contribution in [0.4, 0.5) is 0 Å². The fraction of sp³-hybridized carbons (Fsp3) is 0.444. The lowest BCUT2D eigenvalue weighted by molar-refractivity contribution is 1.06. The SMILES string of the molecule is CCC1=C(CC)c2cc3[nH]c(c(CC)c3CC)c(=N)c3[nH]c(cc4[nH]c(cc1n2)c(CC)c4CC)c(CC)c3CC. The summed E-state index contributed by atoms with van der Waals surface area (Å²) < 4.78 is 0. The Bertz CT molecular complexity index is 1840. The lowest BCUT2D eigenvalue weighted by atomic mass is 9.99. The van der Waals surface area contributed by atoms with Gasteiger partial charge in [0.15, 0.2) is 0 Å². The Hall–Kier alpha value is -3.60. The molecule has 0 atom stereocenters. The normalized spacial score (nSPS) is 12.7. The highest BCUT2D eigenvalue weighted by molar-refractivity contribution is 5.94. The highest BCUT2D eigenvalue weighted by atomic mass is 14.8. The molecule has 0 aliphatic carbocycles. The van der Waals surface area contributed by atoms with E-state index in [0.29, 0.717) is 5.36 Å². The maximum absolute atomic E-state index is 9.54. The van der Waals surface area contributed by atoms with Gasteiger partial charge in [-0.3, -0.25) is 5.41 Å². The molecule has 0 fully saturated rings. The van der Waals surface area contributed by atoms with Crippen molar-refractivity contribution in [2.75, 3.05) is 0 Å². The van der Waals surface area contributed by atoms with Crippen LogP contribution in [-0.2, 0) is 38.5 Å². The van der Waals surface area contributed by atoms with E-state index in [2.05, 4.69) is 88.5 Å². The molecule has 5 heteroatoms. The minimum absolute atomic E-state index is 0.557. The fourth-order valence-electron chi connectivity index (χ4n) is 7.28. The van der Waals surface area contributed by atoms with Crippen LogP contribution in [0.5, 0.6) is 0 Å². The number of aromatic nitrogens is 4. The molecule has 5 nitrogen and oxygen atoms in total. The van der Waals surface area contributed by atoms with E-state index in [4.69, 9.17) is 4.98 Å². The number of H-pyrrole nitrogens is 3. The molecule has 4 N–H and O–H groups in total. The van der Waals surface area contributed by atoms with Crippen molar-refractivity contribution in [2.24, 2.45) is 0 Å². The van der Waals surface area contributed by atoms with Gasteiger partial charge in [0, 0.05) is 22.1 Å². The van der Waals surface area contributed by atoms with Crippen LogP contribution in [0.1, 0.15) is 113 Å². The number of rotatable bonds is 8. The van der Waals surface area contributed by atoms with Crippen molar-refractivity contribution < 1.29 is 0 Å². The van der Waals surface area contributed by atoms with Crippen molar-refractivity contribution in [3.63, 3.8) is 0 Å². The van der Waals surface area contributed by atoms with Crippen LogP contribution < -0.4 is 5.36 Å². The van der Waals surface area contributed by atoms with Crippen LogP contribution in [0.2, 0.25) is 0 Å². The molecule has 41 heavy (non-hydrogen) atoms. The zero-order valence-electron chi connectivity index (χ0n) is 26.3.